The molecular weight excluding hydrogens is 176 g/mol. The molecule has 3 nitrogen and oxygen atoms in total. The van der Waals surface area contributed by atoms with Gasteiger partial charge in [0.15, 0.2) is 10.9 Å². The Morgan fingerprint density at radius 3 is 3.00 bits per heavy atom. The zero-order valence-corrected chi connectivity index (χ0v) is 7.21. The van der Waals surface area contributed by atoms with E-state index in [1.54, 1.807) is 6.07 Å². The van der Waals surface area contributed by atoms with E-state index in [9.17, 15) is 0 Å². The fourth-order valence-electron chi connectivity index (χ4n) is 0.891. The van der Waals surface area contributed by atoms with Crippen LogP contribution in [0.25, 0.3) is 0 Å². The first kappa shape index (κ1) is 7.68. The number of halogens is 1. The van der Waals surface area contributed by atoms with E-state index in [4.69, 9.17) is 22.1 Å². The second-order valence-electron chi connectivity index (χ2n) is 2.87. The Balaban J connectivity index is 2.21. The molecule has 0 unspecified atom stereocenters. The number of nitrogen functional groups attached to an aromatic ring is 1. The molecule has 0 bridgehead atoms. The molecule has 0 amide bonds. The van der Waals surface area contributed by atoms with Crippen molar-refractivity contribution in [3.8, 4) is 5.75 Å². The molecule has 4 heteroatoms. The Labute approximate surface area is 75.5 Å². The zero-order valence-electron chi connectivity index (χ0n) is 6.46. The third-order valence-corrected chi connectivity index (χ3v) is 1.93. The quantitative estimate of drug-likeness (QED) is 0.714. The van der Waals surface area contributed by atoms with Gasteiger partial charge in [-0.2, -0.15) is 0 Å². The summed E-state index contributed by atoms with van der Waals surface area (Å²) in [6.45, 7) is 0. The van der Waals surface area contributed by atoms with Crippen LogP contribution in [0.3, 0.4) is 0 Å². The molecule has 1 heterocycles. The monoisotopic (exact) mass is 184 g/mol. The fraction of sp³-hybridized carbons (Fsp3) is 0.375. The van der Waals surface area contributed by atoms with Crippen LogP contribution in [0.1, 0.15) is 12.8 Å². The van der Waals surface area contributed by atoms with Gasteiger partial charge in [-0.05, 0) is 12.8 Å². The van der Waals surface area contributed by atoms with Crippen LogP contribution in [0, 0.1) is 0 Å². The molecular formula is C8H9ClN2O. The average molecular weight is 185 g/mol. The number of hydrogen-bond donors (Lipinski definition) is 1. The van der Waals surface area contributed by atoms with Crippen LogP contribution in [-0.2, 0) is 0 Å². The molecule has 64 valence electrons. The first-order chi connectivity index (χ1) is 5.75. The molecule has 0 atom stereocenters. The van der Waals surface area contributed by atoms with Crippen molar-refractivity contribution < 1.29 is 4.74 Å². The first-order valence-corrected chi connectivity index (χ1v) is 4.21. The predicted octanol–water partition coefficient (Wildman–Crippen LogP) is 1.86. The van der Waals surface area contributed by atoms with Gasteiger partial charge in [0.1, 0.15) is 0 Å². The van der Waals surface area contributed by atoms with Gasteiger partial charge in [-0.25, -0.2) is 4.98 Å². The average Bonchev–Trinajstić information content (AvgIpc) is 2.81. The number of ether oxygens (including phenoxy) is 1. The Bertz CT molecular complexity index is 299. The van der Waals surface area contributed by atoms with Crippen LogP contribution >= 0.6 is 11.6 Å². The van der Waals surface area contributed by atoms with Crippen molar-refractivity contribution in [3.63, 3.8) is 0 Å². The summed E-state index contributed by atoms with van der Waals surface area (Å²) in [5, 5.41) is 0.385. The third kappa shape index (κ3) is 1.61. The van der Waals surface area contributed by atoms with Gasteiger partial charge in [-0.3, -0.25) is 0 Å². The summed E-state index contributed by atoms with van der Waals surface area (Å²) in [4.78, 5) is 3.87. The second kappa shape index (κ2) is 2.83. The Morgan fingerprint density at radius 2 is 2.33 bits per heavy atom. The number of hydrogen-bond acceptors (Lipinski definition) is 3. The van der Waals surface area contributed by atoms with E-state index in [-0.39, 0.29) is 0 Å². The molecule has 0 radical (unpaired) electrons. The van der Waals surface area contributed by atoms with E-state index >= 15 is 0 Å². The van der Waals surface area contributed by atoms with E-state index in [0.29, 0.717) is 22.7 Å². The van der Waals surface area contributed by atoms with Gasteiger partial charge in [0.25, 0.3) is 0 Å². The highest BCUT2D eigenvalue weighted by Gasteiger charge is 2.24. The number of anilines is 1. The number of pyridine rings is 1. The summed E-state index contributed by atoms with van der Waals surface area (Å²) >= 11 is 5.78. The molecule has 1 aromatic heterocycles. The molecule has 1 aliphatic rings. The van der Waals surface area contributed by atoms with E-state index in [0.717, 1.165) is 12.8 Å². The SMILES string of the molecule is Nc1cnc(Cl)c(OC2CC2)c1. The minimum atomic E-state index is 0.325. The van der Waals surface area contributed by atoms with Gasteiger partial charge in [-0.1, -0.05) is 11.6 Å². The van der Waals surface area contributed by atoms with Crippen LogP contribution in [0.15, 0.2) is 12.3 Å². The van der Waals surface area contributed by atoms with Gasteiger partial charge in [-0.15, -0.1) is 0 Å². The van der Waals surface area contributed by atoms with E-state index in [1.165, 1.54) is 6.20 Å². The highest BCUT2D eigenvalue weighted by Crippen LogP contribution is 2.31. The minimum Gasteiger partial charge on any atom is -0.487 e. The molecule has 1 fully saturated rings. The van der Waals surface area contributed by atoms with Crippen molar-refractivity contribution in [1.29, 1.82) is 0 Å². The van der Waals surface area contributed by atoms with Crippen molar-refractivity contribution >= 4 is 17.3 Å². The topological polar surface area (TPSA) is 48.1 Å². The summed E-state index contributed by atoms with van der Waals surface area (Å²) < 4.78 is 5.46. The molecule has 0 spiro atoms. The maximum atomic E-state index is 5.78. The minimum absolute atomic E-state index is 0.325. The molecule has 1 aliphatic carbocycles. The third-order valence-electron chi connectivity index (χ3n) is 1.65. The molecule has 1 saturated carbocycles. The van der Waals surface area contributed by atoms with Crippen molar-refractivity contribution in [1.82, 2.24) is 4.98 Å². The van der Waals surface area contributed by atoms with Gasteiger partial charge in [0.05, 0.1) is 18.0 Å². The number of nitrogens with zero attached hydrogens (tertiary/aromatic N) is 1. The lowest BCUT2D eigenvalue weighted by atomic mass is 10.4. The number of nitrogens with two attached hydrogens (primary N) is 1. The number of aromatic nitrogens is 1. The normalized spacial score (nSPS) is 16.1. The van der Waals surface area contributed by atoms with Crippen molar-refractivity contribution in [2.75, 3.05) is 5.73 Å². The summed E-state index contributed by atoms with van der Waals surface area (Å²) in [6.07, 6.45) is 4.05. The molecule has 0 aromatic carbocycles. The molecule has 12 heavy (non-hydrogen) atoms. The van der Waals surface area contributed by atoms with Crippen LogP contribution in [-0.4, -0.2) is 11.1 Å². The Kier molecular flexibility index (Phi) is 1.81. The van der Waals surface area contributed by atoms with E-state index < -0.39 is 0 Å². The van der Waals surface area contributed by atoms with Gasteiger partial charge in [0.2, 0.25) is 0 Å². The second-order valence-corrected chi connectivity index (χ2v) is 3.23. The summed E-state index contributed by atoms with van der Waals surface area (Å²) in [5.74, 6) is 0.596. The molecule has 0 aliphatic heterocycles. The van der Waals surface area contributed by atoms with Crippen LogP contribution in [0.5, 0.6) is 5.75 Å². The van der Waals surface area contributed by atoms with E-state index in [2.05, 4.69) is 4.98 Å². The van der Waals surface area contributed by atoms with Gasteiger partial charge >= 0.3 is 0 Å². The maximum absolute atomic E-state index is 5.78. The van der Waals surface area contributed by atoms with Crippen LogP contribution in [0.4, 0.5) is 5.69 Å². The molecule has 1 aromatic rings. The zero-order chi connectivity index (χ0) is 8.55. The molecule has 2 N–H and O–H groups in total. The predicted molar refractivity (Wildman–Crippen MR) is 47.3 cm³/mol. The fourth-order valence-corrected chi connectivity index (χ4v) is 1.04. The number of rotatable bonds is 2. The largest absolute Gasteiger partial charge is 0.487 e. The Morgan fingerprint density at radius 1 is 1.58 bits per heavy atom. The smallest absolute Gasteiger partial charge is 0.171 e. The van der Waals surface area contributed by atoms with Crippen LogP contribution < -0.4 is 10.5 Å². The van der Waals surface area contributed by atoms with E-state index in [1.807, 2.05) is 0 Å². The highest BCUT2D eigenvalue weighted by molar-refractivity contribution is 6.30. The first-order valence-electron chi connectivity index (χ1n) is 3.83. The van der Waals surface area contributed by atoms with Gasteiger partial charge < -0.3 is 10.5 Å². The van der Waals surface area contributed by atoms with Crippen molar-refractivity contribution in [2.45, 2.75) is 18.9 Å². The highest BCUT2D eigenvalue weighted by atomic mass is 35.5. The Hall–Kier alpha value is -0.960. The lowest BCUT2D eigenvalue weighted by molar-refractivity contribution is 0.302. The maximum Gasteiger partial charge on any atom is 0.171 e. The van der Waals surface area contributed by atoms with Crippen molar-refractivity contribution in [2.24, 2.45) is 0 Å². The van der Waals surface area contributed by atoms with Crippen molar-refractivity contribution in [3.05, 3.63) is 17.4 Å². The lowest BCUT2D eigenvalue weighted by Crippen LogP contribution is -1.98. The molecule has 0 saturated heterocycles. The van der Waals surface area contributed by atoms with Crippen LogP contribution in [0.2, 0.25) is 5.15 Å². The summed E-state index contributed by atoms with van der Waals surface area (Å²) in [5.41, 5.74) is 6.10. The molecule has 2 rings (SSSR count). The summed E-state index contributed by atoms with van der Waals surface area (Å²) in [6, 6.07) is 1.70. The lowest BCUT2D eigenvalue weighted by Gasteiger charge is -2.05. The van der Waals surface area contributed by atoms with Gasteiger partial charge in [0, 0.05) is 6.07 Å². The summed E-state index contributed by atoms with van der Waals surface area (Å²) in [7, 11) is 0. The standard InChI is InChI=1S/C8H9ClN2O/c9-8-7(12-6-1-2-6)3-5(10)4-11-8/h3-4,6H,1-2,10H2.